The van der Waals surface area contributed by atoms with Gasteiger partial charge in [-0.2, -0.15) is 0 Å². The summed E-state index contributed by atoms with van der Waals surface area (Å²) in [6.45, 7) is 4.59. The van der Waals surface area contributed by atoms with Crippen LogP contribution in [0.2, 0.25) is 0 Å². The molecule has 4 aliphatic rings. The number of hydrogen-bond acceptors (Lipinski definition) is 2. The largest absolute Gasteiger partial charge is 0.377 e. The van der Waals surface area contributed by atoms with Crippen LogP contribution in [0.15, 0.2) is 11.6 Å². The Balaban J connectivity index is 1.70. The fraction of sp³-hybridized carbons (Fsp3) is 0.762. The number of rotatable bonds is 0. The molecule has 4 aliphatic carbocycles. The Kier molecular flexibility index (Phi) is 3.34. The molecule has 0 aliphatic heterocycles. The van der Waals surface area contributed by atoms with Crippen molar-refractivity contribution in [1.82, 2.24) is 0 Å². The van der Waals surface area contributed by atoms with Gasteiger partial charge in [0.1, 0.15) is 5.60 Å². The molecular formula is C21H28O2. The zero-order valence-corrected chi connectivity index (χ0v) is 14.3. The summed E-state index contributed by atoms with van der Waals surface area (Å²) >= 11 is 0. The van der Waals surface area contributed by atoms with E-state index in [-0.39, 0.29) is 5.41 Å². The average molecular weight is 312 g/mol. The van der Waals surface area contributed by atoms with E-state index in [0.29, 0.717) is 35.4 Å². The molecule has 7 atom stereocenters. The smallest absolute Gasteiger partial charge is 0.155 e. The maximum atomic E-state index is 11.8. The van der Waals surface area contributed by atoms with Crippen molar-refractivity contribution in [3.63, 3.8) is 0 Å². The van der Waals surface area contributed by atoms with Crippen LogP contribution in [0.5, 0.6) is 0 Å². The highest BCUT2D eigenvalue weighted by Gasteiger charge is 2.62. The Labute approximate surface area is 139 Å². The van der Waals surface area contributed by atoms with E-state index >= 15 is 0 Å². The summed E-state index contributed by atoms with van der Waals surface area (Å²) in [5.74, 6) is 6.17. The van der Waals surface area contributed by atoms with E-state index in [1.165, 1.54) is 5.57 Å². The van der Waals surface area contributed by atoms with Crippen molar-refractivity contribution >= 4 is 5.78 Å². The lowest BCUT2D eigenvalue weighted by molar-refractivity contribution is -0.117. The molecule has 23 heavy (non-hydrogen) atoms. The summed E-state index contributed by atoms with van der Waals surface area (Å²) in [4.78, 5) is 11.8. The van der Waals surface area contributed by atoms with Gasteiger partial charge in [-0.25, -0.2) is 0 Å². The van der Waals surface area contributed by atoms with Gasteiger partial charge in [-0.05, 0) is 74.2 Å². The number of aliphatic hydroxyl groups is 1. The van der Waals surface area contributed by atoms with E-state index < -0.39 is 5.60 Å². The molecule has 0 spiro atoms. The highest BCUT2D eigenvalue weighted by molar-refractivity contribution is 5.91. The van der Waals surface area contributed by atoms with Crippen LogP contribution in [-0.2, 0) is 4.79 Å². The molecule has 2 heteroatoms. The third-order valence-electron chi connectivity index (χ3n) is 8.03. The highest BCUT2D eigenvalue weighted by atomic mass is 16.3. The fourth-order valence-electron chi connectivity index (χ4n) is 6.84. The molecule has 2 nitrogen and oxygen atoms in total. The van der Waals surface area contributed by atoms with E-state index in [2.05, 4.69) is 19.8 Å². The van der Waals surface area contributed by atoms with Crippen molar-refractivity contribution in [3.8, 4) is 12.3 Å². The van der Waals surface area contributed by atoms with Gasteiger partial charge >= 0.3 is 0 Å². The van der Waals surface area contributed by atoms with Gasteiger partial charge in [0.25, 0.3) is 0 Å². The van der Waals surface area contributed by atoms with Crippen molar-refractivity contribution < 1.29 is 9.90 Å². The SMILES string of the molecule is C#C[C@@]1(O)CC[C@H]2[C@@H]3C(C)CC4=CC(=O)CC[C@@H]4[C@H]3CC[C@@]21C. The molecular weight excluding hydrogens is 284 g/mol. The van der Waals surface area contributed by atoms with Crippen molar-refractivity contribution in [2.75, 3.05) is 0 Å². The summed E-state index contributed by atoms with van der Waals surface area (Å²) in [5, 5.41) is 11.0. The van der Waals surface area contributed by atoms with Crippen LogP contribution < -0.4 is 0 Å². The second-order valence-corrected chi connectivity index (χ2v) is 8.86. The standard InChI is InChI=1S/C21H28O2/c1-4-21(23)10-8-18-19-13(2)11-14-12-15(22)5-6-16(14)17(19)7-9-20(18,21)3/h1,12-13,16-19,23H,5-11H2,2-3H3/t13?,16-,17+,18-,19+,20-,21+/m0/s1. The molecule has 0 aromatic carbocycles. The molecule has 0 bridgehead atoms. The fourth-order valence-corrected chi connectivity index (χ4v) is 6.84. The summed E-state index contributed by atoms with van der Waals surface area (Å²) in [5.41, 5.74) is 0.382. The minimum absolute atomic E-state index is 0.122. The third-order valence-corrected chi connectivity index (χ3v) is 8.03. The number of ketones is 1. The number of allylic oxidation sites excluding steroid dienone is 1. The molecule has 3 saturated carbocycles. The Morgan fingerprint density at radius 1 is 1.30 bits per heavy atom. The summed E-state index contributed by atoms with van der Waals surface area (Å²) in [6, 6.07) is 0. The topological polar surface area (TPSA) is 37.3 Å². The van der Waals surface area contributed by atoms with Crippen molar-refractivity contribution in [1.29, 1.82) is 0 Å². The maximum Gasteiger partial charge on any atom is 0.155 e. The molecule has 3 fully saturated rings. The minimum atomic E-state index is -0.916. The highest BCUT2D eigenvalue weighted by Crippen LogP contribution is 2.65. The van der Waals surface area contributed by atoms with E-state index in [4.69, 9.17) is 6.42 Å². The molecule has 0 saturated heterocycles. The lowest BCUT2D eigenvalue weighted by Crippen LogP contribution is -2.53. The van der Waals surface area contributed by atoms with Crippen LogP contribution in [0, 0.1) is 47.3 Å². The Hall–Kier alpha value is -1.07. The molecule has 0 aromatic rings. The van der Waals surface area contributed by atoms with Gasteiger partial charge < -0.3 is 5.11 Å². The third kappa shape index (κ3) is 1.96. The Morgan fingerprint density at radius 2 is 2.09 bits per heavy atom. The number of carbonyl (C=O) groups excluding carboxylic acids is 1. The number of carbonyl (C=O) groups is 1. The zero-order chi connectivity index (χ0) is 16.4. The van der Waals surface area contributed by atoms with Crippen LogP contribution in [0.1, 0.15) is 58.8 Å². The van der Waals surface area contributed by atoms with E-state index in [9.17, 15) is 9.90 Å². The summed E-state index contributed by atoms with van der Waals surface area (Å²) in [7, 11) is 0. The number of fused-ring (bicyclic) bond motifs is 5. The van der Waals surface area contributed by atoms with Gasteiger partial charge in [0.05, 0.1) is 0 Å². The average Bonchev–Trinajstić information content (AvgIpc) is 2.79. The van der Waals surface area contributed by atoms with Gasteiger partial charge in [0.2, 0.25) is 0 Å². The normalized spacial score (nSPS) is 52.0. The van der Waals surface area contributed by atoms with Gasteiger partial charge in [0, 0.05) is 11.8 Å². The van der Waals surface area contributed by atoms with Crippen LogP contribution in [-0.4, -0.2) is 16.5 Å². The van der Waals surface area contributed by atoms with E-state index in [1.807, 2.05) is 6.08 Å². The van der Waals surface area contributed by atoms with Crippen LogP contribution in [0.3, 0.4) is 0 Å². The quantitative estimate of drug-likeness (QED) is 0.692. The van der Waals surface area contributed by atoms with Gasteiger partial charge in [-0.15, -0.1) is 6.42 Å². The molecule has 1 N–H and O–H groups in total. The second-order valence-electron chi connectivity index (χ2n) is 8.86. The first-order valence-corrected chi connectivity index (χ1v) is 9.33. The van der Waals surface area contributed by atoms with Crippen molar-refractivity contribution in [2.45, 2.75) is 64.4 Å². The molecule has 4 rings (SSSR count). The van der Waals surface area contributed by atoms with E-state index in [0.717, 1.165) is 44.9 Å². The van der Waals surface area contributed by atoms with Crippen molar-refractivity contribution in [3.05, 3.63) is 11.6 Å². The molecule has 0 radical (unpaired) electrons. The van der Waals surface area contributed by atoms with Gasteiger partial charge in [-0.3, -0.25) is 4.79 Å². The van der Waals surface area contributed by atoms with Crippen LogP contribution in [0.4, 0.5) is 0 Å². The molecule has 1 unspecified atom stereocenters. The van der Waals surface area contributed by atoms with E-state index in [1.54, 1.807) is 0 Å². The molecule has 124 valence electrons. The first kappa shape index (κ1) is 15.5. The van der Waals surface area contributed by atoms with Crippen LogP contribution >= 0.6 is 0 Å². The zero-order valence-electron chi connectivity index (χ0n) is 14.3. The second kappa shape index (κ2) is 4.96. The first-order chi connectivity index (χ1) is 10.9. The van der Waals surface area contributed by atoms with Gasteiger partial charge in [-0.1, -0.05) is 25.3 Å². The molecule has 0 heterocycles. The predicted octanol–water partition coefficient (Wildman–Crippen LogP) is 3.74. The Bertz CT molecular complexity index is 612. The van der Waals surface area contributed by atoms with Gasteiger partial charge in [0.15, 0.2) is 5.78 Å². The first-order valence-electron chi connectivity index (χ1n) is 9.33. The predicted molar refractivity (Wildman–Crippen MR) is 90.4 cm³/mol. The van der Waals surface area contributed by atoms with Crippen molar-refractivity contribution in [2.24, 2.45) is 35.0 Å². The lowest BCUT2D eigenvalue weighted by Gasteiger charge is -2.56. The maximum absolute atomic E-state index is 11.8. The summed E-state index contributed by atoms with van der Waals surface area (Å²) in [6.07, 6.45) is 14.5. The molecule has 0 aromatic heterocycles. The molecule has 0 amide bonds. The minimum Gasteiger partial charge on any atom is -0.377 e. The monoisotopic (exact) mass is 312 g/mol. The lowest BCUT2D eigenvalue weighted by atomic mass is 9.48. The Morgan fingerprint density at radius 3 is 2.83 bits per heavy atom. The number of terminal acetylenes is 1. The number of hydrogen-bond donors (Lipinski definition) is 1. The van der Waals surface area contributed by atoms with Crippen LogP contribution in [0.25, 0.3) is 0 Å². The summed E-state index contributed by atoms with van der Waals surface area (Å²) < 4.78 is 0.